The van der Waals surface area contributed by atoms with E-state index in [1.54, 1.807) is 0 Å². The molecule has 7 heterocycles. The number of nitrogens with zero attached hydrogens (tertiary/aromatic N) is 4. The van der Waals surface area contributed by atoms with Crippen molar-refractivity contribution in [2.75, 3.05) is 0 Å². The molecular weight excluding hydrogens is 985 g/mol. The zero-order valence-corrected chi connectivity index (χ0v) is 50.0. The Bertz CT molecular complexity index is 2390. The molecule has 0 aliphatic rings. The molecule has 398 valence electrons. The number of aromatic nitrogens is 4. The van der Waals surface area contributed by atoms with Gasteiger partial charge in [0.05, 0.1) is 42.3 Å². The van der Waals surface area contributed by atoms with E-state index in [2.05, 4.69) is 74.9 Å². The average Bonchev–Trinajstić information content (AvgIpc) is 4.29. The zero-order chi connectivity index (χ0) is 50.7. The molecule has 7 rings (SSSR count). The summed E-state index contributed by atoms with van der Waals surface area (Å²) in [5.74, 6) is 0. The Balaban J connectivity index is 1.20. The van der Waals surface area contributed by atoms with Gasteiger partial charge in [-0.1, -0.05) is 220 Å². The van der Waals surface area contributed by atoms with E-state index in [0.717, 1.165) is 47.8 Å². The number of rotatable bonds is 40. The number of thiophene rings is 5. The van der Waals surface area contributed by atoms with E-state index in [4.69, 9.17) is 19.9 Å². The van der Waals surface area contributed by atoms with Crippen LogP contribution in [0.2, 0.25) is 0 Å². The molecule has 0 saturated heterocycles. The number of aryl methyl sites for hydroxylation is 4. The summed E-state index contributed by atoms with van der Waals surface area (Å²) in [5, 5.41) is 4.43. The van der Waals surface area contributed by atoms with Crippen molar-refractivity contribution in [1.29, 1.82) is 0 Å². The van der Waals surface area contributed by atoms with E-state index >= 15 is 0 Å². The second-order valence-electron chi connectivity index (χ2n) is 21.2. The van der Waals surface area contributed by atoms with Crippen LogP contribution in [0.1, 0.15) is 256 Å². The lowest BCUT2D eigenvalue weighted by atomic mass is 10.0. The van der Waals surface area contributed by atoms with Gasteiger partial charge in [0.15, 0.2) is 0 Å². The van der Waals surface area contributed by atoms with Gasteiger partial charge >= 0.3 is 0 Å². The molecule has 7 aromatic rings. The maximum absolute atomic E-state index is 5.73. The summed E-state index contributed by atoms with van der Waals surface area (Å²) < 4.78 is 0. The third-order valence-corrected chi connectivity index (χ3v) is 20.9. The molecule has 0 saturated carbocycles. The van der Waals surface area contributed by atoms with Crippen LogP contribution in [0.3, 0.4) is 0 Å². The Hall–Kier alpha value is -2.82. The first-order valence-corrected chi connectivity index (χ1v) is 34.2. The maximum atomic E-state index is 5.73. The maximum Gasteiger partial charge on any atom is 0.109 e. The highest BCUT2D eigenvalue weighted by Crippen LogP contribution is 2.50. The molecule has 0 atom stereocenters. The predicted molar refractivity (Wildman–Crippen MR) is 329 cm³/mol. The minimum absolute atomic E-state index is 1.03. The van der Waals surface area contributed by atoms with Crippen molar-refractivity contribution in [2.24, 2.45) is 0 Å². The molecule has 0 radical (unpaired) electrons. The molecule has 0 spiro atoms. The summed E-state index contributed by atoms with van der Waals surface area (Å²) in [7, 11) is 0. The zero-order valence-electron chi connectivity index (χ0n) is 45.9. The summed E-state index contributed by atoms with van der Waals surface area (Å²) >= 11 is 9.40. The fraction of sp³-hybridized carbons (Fsp3) is 0.625. The van der Waals surface area contributed by atoms with Gasteiger partial charge in [0.1, 0.15) is 22.1 Å². The lowest BCUT2D eigenvalue weighted by Gasteiger charge is -2.10. The molecule has 0 aliphatic heterocycles. The summed E-state index contributed by atoms with van der Waals surface area (Å²) in [6, 6.07) is 13.7. The van der Waals surface area contributed by atoms with E-state index < -0.39 is 0 Å². The highest BCUT2D eigenvalue weighted by atomic mass is 32.1. The van der Waals surface area contributed by atoms with Crippen molar-refractivity contribution in [2.45, 2.75) is 259 Å². The average molecular weight is 1080 g/mol. The number of fused-ring (bicyclic) bond motifs is 2. The summed E-state index contributed by atoms with van der Waals surface area (Å²) in [5.41, 5.74) is 9.43. The summed E-state index contributed by atoms with van der Waals surface area (Å²) in [6.07, 6.45) is 46.5. The van der Waals surface area contributed by atoms with Crippen molar-refractivity contribution in [1.82, 2.24) is 19.9 Å². The molecular formula is C64H92N4S5. The smallest absolute Gasteiger partial charge is 0.109 e. The third-order valence-electron chi connectivity index (χ3n) is 15.0. The van der Waals surface area contributed by atoms with Gasteiger partial charge in [-0.15, -0.1) is 56.7 Å². The molecule has 0 amide bonds. The SMILES string of the molecule is CCCCCCCCCCc1nc2c(-c3cccs3)sc(-c3ccc(-c4sc(-c5cccs5)c5nc(CCCCCCCCCC)c(CCCCCCCCCC)nc45)s3)c2nc1CCCCCCCCCC. The van der Waals surface area contributed by atoms with Crippen molar-refractivity contribution < 1.29 is 0 Å². The third kappa shape index (κ3) is 17.9. The van der Waals surface area contributed by atoms with Gasteiger partial charge in [0.2, 0.25) is 0 Å². The molecule has 0 aromatic carbocycles. The molecule has 4 nitrogen and oxygen atoms in total. The first-order chi connectivity index (χ1) is 36.1. The quantitative estimate of drug-likeness (QED) is 0.0359. The molecule has 0 aliphatic carbocycles. The van der Waals surface area contributed by atoms with Gasteiger partial charge in [0.25, 0.3) is 0 Å². The lowest BCUT2D eigenvalue weighted by molar-refractivity contribution is 0.567. The van der Waals surface area contributed by atoms with Gasteiger partial charge in [0, 0.05) is 19.5 Å². The van der Waals surface area contributed by atoms with Crippen molar-refractivity contribution in [3.63, 3.8) is 0 Å². The second-order valence-corrected chi connectivity index (χ2v) is 26.2. The van der Waals surface area contributed by atoms with Crippen molar-refractivity contribution in [3.05, 3.63) is 69.9 Å². The van der Waals surface area contributed by atoms with Crippen LogP contribution >= 0.6 is 56.7 Å². The van der Waals surface area contributed by atoms with Crippen LogP contribution in [0.25, 0.3) is 61.1 Å². The Kier molecular flexibility index (Phi) is 26.4. The minimum atomic E-state index is 1.03. The minimum Gasteiger partial charge on any atom is -0.248 e. The van der Waals surface area contributed by atoms with Gasteiger partial charge in [-0.25, -0.2) is 19.9 Å². The topological polar surface area (TPSA) is 51.6 Å². The largest absolute Gasteiger partial charge is 0.248 e. The fourth-order valence-corrected chi connectivity index (χ4v) is 15.9. The highest BCUT2D eigenvalue weighted by Gasteiger charge is 2.25. The molecule has 0 N–H and O–H groups in total. The van der Waals surface area contributed by atoms with Crippen LogP contribution in [-0.2, 0) is 25.7 Å². The van der Waals surface area contributed by atoms with Crippen LogP contribution in [-0.4, -0.2) is 19.9 Å². The Labute approximate surface area is 463 Å². The monoisotopic (exact) mass is 1080 g/mol. The summed E-state index contributed by atoms with van der Waals surface area (Å²) in [6.45, 7) is 9.24. The van der Waals surface area contributed by atoms with E-state index in [1.165, 1.54) is 267 Å². The van der Waals surface area contributed by atoms with Crippen LogP contribution in [0.5, 0.6) is 0 Å². The fourth-order valence-electron chi connectivity index (χ4n) is 10.6. The number of hydrogen-bond donors (Lipinski definition) is 0. The first-order valence-electron chi connectivity index (χ1n) is 30.0. The van der Waals surface area contributed by atoms with E-state index in [1.807, 2.05) is 56.7 Å². The van der Waals surface area contributed by atoms with E-state index in [-0.39, 0.29) is 0 Å². The predicted octanol–water partition coefficient (Wildman–Crippen LogP) is 23.3. The van der Waals surface area contributed by atoms with Gasteiger partial charge in [-0.05, 0) is 86.4 Å². The summed E-state index contributed by atoms with van der Waals surface area (Å²) in [4.78, 5) is 33.1. The standard InChI is InChI=1S/C64H92N4S5/c1-5-9-13-17-21-25-29-33-39-49-51(41-35-31-27-23-19-15-11-7-3)67-59-57(65-49)61(53-43-37-47-69-53)72-63(59)55-45-46-56(71-55)64-60-58(62(73-64)54-44-38-48-70-54)66-50(40-34-30-26-22-18-14-10-6-2)52(68-60)42-36-32-28-24-20-16-12-8-4/h37-38,43-48H,5-36,39-42H2,1-4H3. The van der Waals surface area contributed by atoms with E-state index in [0.29, 0.717) is 0 Å². The van der Waals surface area contributed by atoms with Crippen LogP contribution in [0, 0.1) is 0 Å². The lowest BCUT2D eigenvalue weighted by Crippen LogP contribution is -2.03. The Morgan fingerprint density at radius 2 is 0.521 bits per heavy atom. The van der Waals surface area contributed by atoms with Gasteiger partial charge in [-0.3, -0.25) is 0 Å². The number of hydrogen-bond acceptors (Lipinski definition) is 9. The Morgan fingerprint density at radius 1 is 0.274 bits per heavy atom. The molecule has 0 unspecified atom stereocenters. The molecule has 0 fully saturated rings. The molecule has 73 heavy (non-hydrogen) atoms. The van der Waals surface area contributed by atoms with Crippen LogP contribution in [0.4, 0.5) is 0 Å². The normalized spacial score (nSPS) is 11.9. The Morgan fingerprint density at radius 3 is 0.767 bits per heavy atom. The van der Waals surface area contributed by atoms with Crippen LogP contribution in [0.15, 0.2) is 47.2 Å². The van der Waals surface area contributed by atoms with Crippen molar-refractivity contribution >= 4 is 78.8 Å². The molecule has 9 heteroatoms. The van der Waals surface area contributed by atoms with Crippen LogP contribution < -0.4 is 0 Å². The highest BCUT2D eigenvalue weighted by molar-refractivity contribution is 7.31. The van der Waals surface area contributed by atoms with Gasteiger partial charge in [-0.2, -0.15) is 0 Å². The molecule has 0 bridgehead atoms. The van der Waals surface area contributed by atoms with E-state index in [9.17, 15) is 0 Å². The van der Waals surface area contributed by atoms with Gasteiger partial charge < -0.3 is 0 Å². The number of unbranched alkanes of at least 4 members (excludes halogenated alkanes) is 28. The molecule has 7 aromatic heterocycles. The second kappa shape index (κ2) is 33.4. The first kappa shape index (κ1) is 57.9. The van der Waals surface area contributed by atoms with Crippen molar-refractivity contribution in [3.8, 4) is 39.0 Å².